The van der Waals surface area contributed by atoms with Gasteiger partial charge in [0.05, 0.1) is 31.4 Å². The zero-order valence-electron chi connectivity index (χ0n) is 11.4. The Hall–Kier alpha value is -0.690. The van der Waals surface area contributed by atoms with Crippen LogP contribution in [-0.4, -0.2) is 59.2 Å². The Bertz CT molecular complexity index is 234. The first kappa shape index (κ1) is 17.3. The van der Waals surface area contributed by atoms with Gasteiger partial charge in [-0.25, -0.2) is 0 Å². The van der Waals surface area contributed by atoms with Gasteiger partial charge >= 0.3 is 0 Å². The third kappa shape index (κ3) is 5.77. The van der Waals surface area contributed by atoms with Crippen LogP contribution in [0.15, 0.2) is 0 Å². The average Bonchev–Trinajstić information content (AvgIpc) is 2.35. The van der Waals surface area contributed by atoms with E-state index in [2.05, 4.69) is 24.5 Å². The third-order valence-corrected chi connectivity index (χ3v) is 2.84. The summed E-state index contributed by atoms with van der Waals surface area (Å²) in [6, 6.07) is -0.594. The Morgan fingerprint density at radius 1 is 1.11 bits per heavy atom. The number of aliphatic hydroxyl groups excluding tert-OH is 3. The van der Waals surface area contributed by atoms with Crippen LogP contribution in [0.4, 0.5) is 0 Å². The van der Waals surface area contributed by atoms with Crippen molar-refractivity contribution in [2.45, 2.75) is 38.8 Å². The van der Waals surface area contributed by atoms with Crippen LogP contribution < -0.4 is 10.6 Å². The Kier molecular flexibility index (Phi) is 8.10. The predicted molar refractivity (Wildman–Crippen MR) is 69.1 cm³/mol. The van der Waals surface area contributed by atoms with Crippen molar-refractivity contribution in [1.29, 1.82) is 0 Å². The molecule has 0 aromatic heterocycles. The van der Waals surface area contributed by atoms with Crippen molar-refractivity contribution in [3.63, 3.8) is 0 Å². The van der Waals surface area contributed by atoms with Crippen molar-refractivity contribution in [1.82, 2.24) is 10.6 Å². The Balaban J connectivity index is 4.21. The van der Waals surface area contributed by atoms with Gasteiger partial charge in [0.15, 0.2) is 0 Å². The smallest absolute Gasteiger partial charge is 0.236 e. The van der Waals surface area contributed by atoms with Crippen LogP contribution >= 0.6 is 0 Å². The van der Waals surface area contributed by atoms with Gasteiger partial charge in [0, 0.05) is 6.54 Å². The maximum absolute atomic E-state index is 11.7. The Labute approximate surface area is 108 Å². The largest absolute Gasteiger partial charge is 0.394 e. The van der Waals surface area contributed by atoms with Crippen LogP contribution in [0.1, 0.15) is 27.2 Å². The van der Waals surface area contributed by atoms with Gasteiger partial charge in [-0.15, -0.1) is 0 Å². The lowest BCUT2D eigenvalue weighted by Gasteiger charge is -2.31. The van der Waals surface area contributed by atoms with E-state index in [0.29, 0.717) is 12.5 Å². The standard InChI is InChI=1S/C12H26N2O4/c1-9(2)4-5-13-11(18)10(3)14-12(6-15,7-16)8-17/h9-10,14-17H,4-8H2,1-3H3,(H,13,18). The number of aliphatic hydroxyl groups is 3. The summed E-state index contributed by atoms with van der Waals surface area (Å²) in [7, 11) is 0. The minimum Gasteiger partial charge on any atom is -0.394 e. The van der Waals surface area contributed by atoms with Gasteiger partial charge in [0.1, 0.15) is 0 Å². The van der Waals surface area contributed by atoms with E-state index in [4.69, 9.17) is 15.3 Å². The molecule has 1 unspecified atom stereocenters. The molecular formula is C12H26N2O4. The molecule has 0 aliphatic heterocycles. The lowest BCUT2D eigenvalue weighted by atomic mass is 10.0. The number of nitrogens with one attached hydrogen (secondary N) is 2. The van der Waals surface area contributed by atoms with Crippen molar-refractivity contribution in [2.24, 2.45) is 5.92 Å². The minimum absolute atomic E-state index is 0.213. The van der Waals surface area contributed by atoms with Crippen LogP contribution in [0.3, 0.4) is 0 Å². The van der Waals surface area contributed by atoms with Crippen molar-refractivity contribution in [2.75, 3.05) is 26.4 Å². The van der Waals surface area contributed by atoms with E-state index < -0.39 is 31.4 Å². The first-order chi connectivity index (χ1) is 8.40. The highest BCUT2D eigenvalue weighted by Crippen LogP contribution is 2.04. The summed E-state index contributed by atoms with van der Waals surface area (Å²) in [4.78, 5) is 11.7. The number of hydrogen-bond acceptors (Lipinski definition) is 5. The van der Waals surface area contributed by atoms with Crippen molar-refractivity contribution in [3.05, 3.63) is 0 Å². The summed E-state index contributed by atoms with van der Waals surface area (Å²) in [6.45, 7) is 5.04. The van der Waals surface area contributed by atoms with E-state index in [0.717, 1.165) is 6.42 Å². The molecule has 0 radical (unpaired) electrons. The summed E-state index contributed by atoms with van der Waals surface area (Å²) in [5.74, 6) is 0.301. The molecule has 0 aliphatic rings. The molecule has 1 amide bonds. The summed E-state index contributed by atoms with van der Waals surface area (Å²) in [5.41, 5.74) is -1.23. The van der Waals surface area contributed by atoms with Gasteiger partial charge in [0.2, 0.25) is 5.91 Å². The van der Waals surface area contributed by atoms with Crippen LogP contribution in [0.5, 0.6) is 0 Å². The first-order valence-corrected chi connectivity index (χ1v) is 6.28. The van der Waals surface area contributed by atoms with Gasteiger partial charge < -0.3 is 20.6 Å². The average molecular weight is 262 g/mol. The number of carbonyl (C=O) groups excluding carboxylic acids is 1. The van der Waals surface area contributed by atoms with E-state index in [1.165, 1.54) is 0 Å². The fraction of sp³-hybridized carbons (Fsp3) is 0.917. The Morgan fingerprint density at radius 3 is 2.00 bits per heavy atom. The number of carbonyl (C=O) groups is 1. The van der Waals surface area contributed by atoms with Gasteiger partial charge in [-0.2, -0.15) is 0 Å². The predicted octanol–water partition coefficient (Wildman–Crippen LogP) is -1.16. The van der Waals surface area contributed by atoms with Crippen LogP contribution in [0.25, 0.3) is 0 Å². The summed E-state index contributed by atoms with van der Waals surface area (Å²) in [5, 5.41) is 32.9. The van der Waals surface area contributed by atoms with E-state index in [-0.39, 0.29) is 5.91 Å². The van der Waals surface area contributed by atoms with Gasteiger partial charge in [-0.1, -0.05) is 13.8 Å². The Morgan fingerprint density at radius 2 is 1.61 bits per heavy atom. The molecule has 18 heavy (non-hydrogen) atoms. The zero-order valence-corrected chi connectivity index (χ0v) is 11.4. The van der Waals surface area contributed by atoms with E-state index in [1.54, 1.807) is 6.92 Å². The molecule has 0 saturated carbocycles. The van der Waals surface area contributed by atoms with Crippen molar-refractivity contribution < 1.29 is 20.1 Å². The second kappa shape index (κ2) is 8.42. The lowest BCUT2D eigenvalue weighted by Crippen LogP contribution is -2.60. The molecule has 0 fully saturated rings. The monoisotopic (exact) mass is 262 g/mol. The first-order valence-electron chi connectivity index (χ1n) is 6.28. The molecule has 0 aromatic carbocycles. The minimum atomic E-state index is -1.23. The molecular weight excluding hydrogens is 236 g/mol. The van der Waals surface area contributed by atoms with E-state index in [9.17, 15) is 4.79 Å². The molecule has 0 spiro atoms. The molecule has 0 bridgehead atoms. The summed E-state index contributed by atoms with van der Waals surface area (Å²) >= 11 is 0. The van der Waals surface area contributed by atoms with E-state index >= 15 is 0 Å². The quantitative estimate of drug-likeness (QED) is 0.361. The normalized spacial score (nSPS) is 13.7. The third-order valence-electron chi connectivity index (χ3n) is 2.84. The topological polar surface area (TPSA) is 102 Å². The fourth-order valence-electron chi connectivity index (χ4n) is 1.45. The summed E-state index contributed by atoms with van der Waals surface area (Å²) in [6.07, 6.45) is 0.892. The van der Waals surface area contributed by atoms with Crippen LogP contribution in [0.2, 0.25) is 0 Å². The lowest BCUT2D eigenvalue weighted by molar-refractivity contribution is -0.123. The van der Waals surface area contributed by atoms with Crippen molar-refractivity contribution in [3.8, 4) is 0 Å². The van der Waals surface area contributed by atoms with Gasteiger partial charge in [-0.3, -0.25) is 10.1 Å². The van der Waals surface area contributed by atoms with E-state index in [1.807, 2.05) is 0 Å². The maximum atomic E-state index is 11.7. The highest BCUT2D eigenvalue weighted by atomic mass is 16.3. The highest BCUT2D eigenvalue weighted by Gasteiger charge is 2.31. The number of amides is 1. The van der Waals surface area contributed by atoms with Crippen LogP contribution in [0, 0.1) is 5.92 Å². The SMILES string of the molecule is CC(C)CCNC(=O)C(C)NC(CO)(CO)CO. The second-order valence-electron chi connectivity index (χ2n) is 5.09. The molecule has 0 heterocycles. The summed E-state index contributed by atoms with van der Waals surface area (Å²) < 4.78 is 0. The van der Waals surface area contributed by atoms with Crippen LogP contribution in [-0.2, 0) is 4.79 Å². The zero-order chi connectivity index (χ0) is 14.2. The molecule has 1 atom stereocenters. The molecule has 0 rings (SSSR count). The molecule has 6 heteroatoms. The highest BCUT2D eigenvalue weighted by molar-refractivity contribution is 5.81. The second-order valence-corrected chi connectivity index (χ2v) is 5.09. The molecule has 6 nitrogen and oxygen atoms in total. The maximum Gasteiger partial charge on any atom is 0.236 e. The van der Waals surface area contributed by atoms with Crippen molar-refractivity contribution >= 4 is 5.91 Å². The fourth-order valence-corrected chi connectivity index (χ4v) is 1.45. The van der Waals surface area contributed by atoms with Gasteiger partial charge in [0.25, 0.3) is 0 Å². The molecule has 0 aromatic rings. The number of hydrogen-bond donors (Lipinski definition) is 5. The molecule has 0 aliphatic carbocycles. The molecule has 5 N–H and O–H groups in total. The number of rotatable bonds is 9. The molecule has 108 valence electrons. The molecule has 0 saturated heterocycles. The van der Waals surface area contributed by atoms with Gasteiger partial charge in [-0.05, 0) is 19.3 Å².